The van der Waals surface area contributed by atoms with E-state index in [-0.39, 0.29) is 22.6 Å². The summed E-state index contributed by atoms with van der Waals surface area (Å²) in [5.41, 5.74) is 1.79. The Hall–Kier alpha value is -5.25. The van der Waals surface area contributed by atoms with E-state index in [9.17, 15) is 24.1 Å². The molecule has 0 atom stereocenters. The highest BCUT2D eigenvalue weighted by molar-refractivity contribution is 5.86. The lowest BCUT2D eigenvalue weighted by molar-refractivity contribution is -0.384. The molecule has 0 unspecified atom stereocenters. The highest BCUT2D eigenvalue weighted by Gasteiger charge is 2.30. The summed E-state index contributed by atoms with van der Waals surface area (Å²) in [6.07, 6.45) is 6.78. The van der Waals surface area contributed by atoms with Crippen molar-refractivity contribution in [2.24, 2.45) is 0 Å². The van der Waals surface area contributed by atoms with Crippen LogP contribution in [0.5, 0.6) is 11.5 Å². The average molecular weight is 570 g/mol. The number of nitrogens with zero attached hydrogens (tertiary/aromatic N) is 1. The third kappa shape index (κ3) is 5.78. The van der Waals surface area contributed by atoms with Crippen molar-refractivity contribution in [3.63, 3.8) is 0 Å². The van der Waals surface area contributed by atoms with Crippen LogP contribution in [-0.4, -0.2) is 26.1 Å². The zero-order valence-electron chi connectivity index (χ0n) is 23.4. The Bertz CT molecular complexity index is 1880. The highest BCUT2D eigenvalue weighted by atomic mass is 19.1. The predicted octanol–water partition coefficient (Wildman–Crippen LogP) is 6.00. The molecule has 2 aromatic heterocycles. The van der Waals surface area contributed by atoms with Crippen molar-refractivity contribution in [2.45, 2.75) is 38.9 Å². The van der Waals surface area contributed by atoms with Crippen LogP contribution in [0.15, 0.2) is 94.8 Å². The number of hydrogen-bond donors (Lipinski definition) is 2. The number of ether oxygens (including phenoxy) is 2. The summed E-state index contributed by atoms with van der Waals surface area (Å²) in [5, 5.41) is 11.0. The van der Waals surface area contributed by atoms with Crippen molar-refractivity contribution < 1.29 is 18.8 Å². The van der Waals surface area contributed by atoms with Gasteiger partial charge in [0.15, 0.2) is 0 Å². The Morgan fingerprint density at radius 2 is 1.19 bits per heavy atom. The smallest absolute Gasteiger partial charge is 0.270 e. The number of non-ortho nitro benzene ring substituents is 1. The Morgan fingerprint density at radius 3 is 1.67 bits per heavy atom. The second-order valence-electron chi connectivity index (χ2n) is 10.9. The van der Waals surface area contributed by atoms with Gasteiger partial charge >= 0.3 is 0 Å². The van der Waals surface area contributed by atoms with E-state index in [0.717, 1.165) is 0 Å². The van der Waals surface area contributed by atoms with Crippen molar-refractivity contribution >= 4 is 16.8 Å². The van der Waals surface area contributed by atoms with E-state index in [4.69, 9.17) is 9.47 Å². The molecule has 0 saturated heterocycles. The maximum absolute atomic E-state index is 13.5. The molecule has 2 aromatic carbocycles. The SMILES string of the molecule is CC1(C)C=C(c2ccc[nH]c2=O)c2cc(F)ccc2O1.CC1(C)C=C(c2ccc[nH]c2=O)c2cc([N+](=O)[O-])ccc2O1. The quantitative estimate of drug-likeness (QED) is 0.230. The van der Waals surface area contributed by atoms with Gasteiger partial charge in [0.1, 0.15) is 28.5 Å². The van der Waals surface area contributed by atoms with E-state index < -0.39 is 16.1 Å². The second kappa shape index (κ2) is 10.6. The minimum atomic E-state index is -0.610. The van der Waals surface area contributed by atoms with Crippen molar-refractivity contribution in [1.29, 1.82) is 0 Å². The van der Waals surface area contributed by atoms with Crippen molar-refractivity contribution in [3.05, 3.63) is 144 Å². The molecule has 4 aromatic rings. The van der Waals surface area contributed by atoms with Gasteiger partial charge in [-0.1, -0.05) is 0 Å². The lowest BCUT2D eigenvalue weighted by atomic mass is 9.90. The molecule has 42 heavy (non-hydrogen) atoms. The molecule has 0 aliphatic carbocycles. The number of rotatable bonds is 3. The van der Waals surface area contributed by atoms with Crippen molar-refractivity contribution in [2.75, 3.05) is 0 Å². The van der Waals surface area contributed by atoms with Gasteiger partial charge in [0, 0.05) is 46.8 Å². The number of aromatic nitrogens is 2. The van der Waals surface area contributed by atoms with E-state index in [0.29, 0.717) is 44.9 Å². The highest BCUT2D eigenvalue weighted by Crippen LogP contribution is 2.40. The molecule has 2 N–H and O–H groups in total. The normalized spacial score (nSPS) is 15.7. The van der Waals surface area contributed by atoms with Gasteiger partial charge < -0.3 is 19.4 Å². The number of pyridine rings is 2. The number of benzene rings is 2. The predicted molar refractivity (Wildman–Crippen MR) is 157 cm³/mol. The van der Waals surface area contributed by atoms with Crippen LogP contribution in [0.3, 0.4) is 0 Å². The monoisotopic (exact) mass is 569 g/mol. The lowest BCUT2D eigenvalue weighted by Crippen LogP contribution is -2.30. The van der Waals surface area contributed by atoms with Gasteiger partial charge in [-0.25, -0.2) is 4.39 Å². The molecule has 214 valence electrons. The summed E-state index contributed by atoms with van der Waals surface area (Å²) in [7, 11) is 0. The maximum Gasteiger partial charge on any atom is 0.270 e. The molecule has 4 heterocycles. The maximum atomic E-state index is 13.5. The first kappa shape index (κ1) is 28.3. The molecular weight excluding hydrogens is 541 g/mol. The van der Waals surface area contributed by atoms with E-state index in [1.54, 1.807) is 48.8 Å². The molecule has 2 aliphatic rings. The van der Waals surface area contributed by atoms with E-state index in [1.807, 2.05) is 39.8 Å². The van der Waals surface area contributed by atoms with Crippen LogP contribution in [0.2, 0.25) is 0 Å². The molecule has 6 rings (SSSR count). The summed E-state index contributed by atoms with van der Waals surface area (Å²) in [4.78, 5) is 39.9. The third-order valence-electron chi connectivity index (χ3n) is 6.64. The summed E-state index contributed by atoms with van der Waals surface area (Å²) in [6, 6.07) is 15.6. The molecular formula is C32H28FN3O6. The number of halogens is 1. The molecule has 0 saturated carbocycles. The molecule has 2 aliphatic heterocycles. The van der Waals surface area contributed by atoms with Crippen LogP contribution >= 0.6 is 0 Å². The van der Waals surface area contributed by atoms with Gasteiger partial charge in [0.2, 0.25) is 0 Å². The largest absolute Gasteiger partial charge is 0.483 e. The fourth-order valence-electron chi connectivity index (χ4n) is 4.92. The Balaban J connectivity index is 0.000000169. The van der Waals surface area contributed by atoms with Crippen LogP contribution in [-0.2, 0) is 0 Å². The first-order valence-electron chi connectivity index (χ1n) is 13.1. The third-order valence-corrected chi connectivity index (χ3v) is 6.64. The zero-order valence-corrected chi connectivity index (χ0v) is 23.4. The second-order valence-corrected chi connectivity index (χ2v) is 10.9. The molecule has 0 fully saturated rings. The number of nitrogens with one attached hydrogen (secondary N) is 2. The number of fused-ring (bicyclic) bond motifs is 2. The Labute approximate surface area is 240 Å². The van der Waals surface area contributed by atoms with Gasteiger partial charge in [0.25, 0.3) is 16.8 Å². The topological polar surface area (TPSA) is 127 Å². The summed E-state index contributed by atoms with van der Waals surface area (Å²) >= 11 is 0. The Morgan fingerprint density at radius 1 is 0.714 bits per heavy atom. The fraction of sp³-hybridized carbons (Fsp3) is 0.188. The fourth-order valence-corrected chi connectivity index (χ4v) is 4.92. The number of nitro benzene ring substituents is 1. The number of H-pyrrole nitrogens is 2. The zero-order chi connectivity index (χ0) is 30.2. The van der Waals surface area contributed by atoms with E-state index in [1.165, 1.54) is 24.3 Å². The molecule has 0 amide bonds. The molecule has 0 spiro atoms. The van der Waals surface area contributed by atoms with Crippen molar-refractivity contribution in [1.82, 2.24) is 9.97 Å². The number of hydrogen-bond acceptors (Lipinski definition) is 6. The van der Waals surface area contributed by atoms with Crippen LogP contribution in [0.1, 0.15) is 49.9 Å². The summed E-state index contributed by atoms with van der Waals surface area (Å²) < 4.78 is 25.2. The molecule has 0 radical (unpaired) electrons. The van der Waals surface area contributed by atoms with Crippen LogP contribution in [0.4, 0.5) is 10.1 Å². The molecule has 10 heteroatoms. The minimum Gasteiger partial charge on any atom is -0.483 e. The lowest BCUT2D eigenvalue weighted by Gasteiger charge is -2.31. The number of aromatic amines is 2. The van der Waals surface area contributed by atoms with Gasteiger partial charge in [-0.3, -0.25) is 19.7 Å². The molecule has 0 bridgehead atoms. The first-order valence-corrected chi connectivity index (χ1v) is 13.1. The van der Waals surface area contributed by atoms with Crippen LogP contribution < -0.4 is 20.6 Å². The van der Waals surface area contributed by atoms with Crippen molar-refractivity contribution in [3.8, 4) is 11.5 Å². The Kier molecular flexibility index (Phi) is 7.15. The van der Waals surface area contributed by atoms with Gasteiger partial charge in [-0.05, 0) is 99.5 Å². The van der Waals surface area contributed by atoms with Crippen LogP contribution in [0, 0.1) is 15.9 Å². The van der Waals surface area contributed by atoms with Crippen LogP contribution in [0.25, 0.3) is 11.1 Å². The molecule has 9 nitrogen and oxygen atoms in total. The standard InChI is InChI=1S/C16H14FNO2.C16H14N2O4/c1-16(2)9-13(11-4-3-7-18-15(11)19)12-8-10(17)5-6-14(12)20-16;1-16(2)9-13(11-4-3-7-17-15(11)19)12-8-10(18(20)21)5-6-14(12)22-16/h3-9H,1-2H3,(H,18,19);3-9H,1-2H3,(H,17,19). The van der Waals surface area contributed by atoms with Gasteiger partial charge in [0.05, 0.1) is 4.92 Å². The summed E-state index contributed by atoms with van der Waals surface area (Å²) in [6.45, 7) is 7.54. The first-order chi connectivity index (χ1) is 19.8. The van der Waals surface area contributed by atoms with Gasteiger partial charge in [-0.2, -0.15) is 0 Å². The van der Waals surface area contributed by atoms with Gasteiger partial charge in [-0.15, -0.1) is 0 Å². The van der Waals surface area contributed by atoms with E-state index in [2.05, 4.69) is 9.97 Å². The average Bonchev–Trinajstić information content (AvgIpc) is 2.92. The van der Waals surface area contributed by atoms with E-state index >= 15 is 0 Å². The summed E-state index contributed by atoms with van der Waals surface area (Å²) in [5.74, 6) is 0.749. The minimum absolute atomic E-state index is 0.0414. The number of nitro groups is 1.